The monoisotopic (exact) mass is 310 g/mol. The highest BCUT2D eigenvalue weighted by atomic mass is 35.5. The number of alkyl halides is 3. The number of anilines is 1. The zero-order chi connectivity index (χ0) is 15.5. The van der Waals surface area contributed by atoms with Gasteiger partial charge in [-0.15, -0.1) is 0 Å². The third kappa shape index (κ3) is 3.89. The minimum atomic E-state index is -4.55. The maximum Gasteiger partial charge on any atom is 0.417 e. The first-order valence-electron chi connectivity index (χ1n) is 6.00. The molecular weight excluding hydrogens is 301 g/mol. The molecule has 0 amide bonds. The zero-order valence-corrected chi connectivity index (χ0v) is 11.5. The summed E-state index contributed by atoms with van der Waals surface area (Å²) in [4.78, 5) is 0. The highest BCUT2D eigenvalue weighted by molar-refractivity contribution is 6.30. The van der Waals surface area contributed by atoms with Gasteiger partial charge in [-0.25, -0.2) is 0 Å². The van der Waals surface area contributed by atoms with E-state index in [-0.39, 0.29) is 5.56 Å². The van der Waals surface area contributed by atoms with Crippen molar-refractivity contribution < 1.29 is 13.2 Å². The highest BCUT2D eigenvalue weighted by Crippen LogP contribution is 2.33. The van der Waals surface area contributed by atoms with Crippen LogP contribution >= 0.6 is 11.6 Å². The van der Waals surface area contributed by atoms with Crippen LogP contribution in [0.4, 0.5) is 18.9 Å². The van der Waals surface area contributed by atoms with E-state index in [9.17, 15) is 13.2 Å². The van der Waals surface area contributed by atoms with E-state index in [2.05, 4.69) is 5.32 Å². The fourth-order valence-electron chi connectivity index (χ4n) is 1.79. The predicted molar refractivity (Wildman–Crippen MR) is 74.9 cm³/mol. The summed E-state index contributed by atoms with van der Waals surface area (Å²) in [6, 6.07) is 12.1. The van der Waals surface area contributed by atoms with Gasteiger partial charge in [0.1, 0.15) is 0 Å². The molecule has 21 heavy (non-hydrogen) atoms. The Hall–Kier alpha value is -2.19. The van der Waals surface area contributed by atoms with Gasteiger partial charge in [-0.1, -0.05) is 23.7 Å². The van der Waals surface area contributed by atoms with Crippen LogP contribution < -0.4 is 5.32 Å². The molecule has 0 aliphatic carbocycles. The molecule has 0 aromatic heterocycles. The van der Waals surface area contributed by atoms with Crippen molar-refractivity contribution in [2.45, 2.75) is 12.7 Å². The van der Waals surface area contributed by atoms with E-state index in [4.69, 9.17) is 16.9 Å². The number of nitrogens with zero attached hydrogens (tertiary/aromatic N) is 1. The Labute approximate surface area is 124 Å². The fraction of sp³-hybridized carbons (Fsp3) is 0.133. The van der Waals surface area contributed by atoms with Gasteiger partial charge in [0.15, 0.2) is 0 Å². The molecule has 0 aliphatic rings. The molecule has 1 N–H and O–H groups in total. The van der Waals surface area contributed by atoms with Gasteiger partial charge in [-0.3, -0.25) is 0 Å². The summed E-state index contributed by atoms with van der Waals surface area (Å²) in [5.41, 5.74) is -0.140. The average Bonchev–Trinajstić information content (AvgIpc) is 2.45. The van der Waals surface area contributed by atoms with Gasteiger partial charge in [0.05, 0.1) is 17.2 Å². The van der Waals surface area contributed by atoms with E-state index in [0.29, 0.717) is 17.3 Å². The summed E-state index contributed by atoms with van der Waals surface area (Å²) in [5.74, 6) is 0. The summed E-state index contributed by atoms with van der Waals surface area (Å²) in [6.07, 6.45) is -4.55. The van der Waals surface area contributed by atoms with Gasteiger partial charge >= 0.3 is 6.18 Å². The lowest BCUT2D eigenvalue weighted by molar-refractivity contribution is -0.137. The van der Waals surface area contributed by atoms with Gasteiger partial charge in [-0.2, -0.15) is 18.4 Å². The van der Waals surface area contributed by atoms with Crippen LogP contribution in [0.2, 0.25) is 5.02 Å². The van der Waals surface area contributed by atoms with Crippen molar-refractivity contribution >= 4 is 17.3 Å². The normalized spacial score (nSPS) is 11.0. The summed E-state index contributed by atoms with van der Waals surface area (Å²) < 4.78 is 38.5. The standard InChI is InChI=1S/C15H10ClF3N2/c16-12-4-1-10(2-5-12)9-21-13-6-3-11(8-20)14(7-13)15(17,18)19/h1-7,21H,9H2. The lowest BCUT2D eigenvalue weighted by Crippen LogP contribution is -2.09. The molecule has 2 aromatic rings. The van der Waals surface area contributed by atoms with Gasteiger partial charge in [-0.05, 0) is 35.9 Å². The van der Waals surface area contributed by atoms with Crippen molar-refractivity contribution in [1.29, 1.82) is 5.26 Å². The molecule has 6 heteroatoms. The topological polar surface area (TPSA) is 35.8 Å². The largest absolute Gasteiger partial charge is 0.417 e. The van der Waals surface area contributed by atoms with Crippen LogP contribution in [0.15, 0.2) is 42.5 Å². The molecule has 0 heterocycles. The Morgan fingerprint density at radius 3 is 2.33 bits per heavy atom. The number of halogens is 4. The van der Waals surface area contributed by atoms with Gasteiger partial charge in [0.2, 0.25) is 0 Å². The molecule has 0 aliphatic heterocycles. The van der Waals surface area contributed by atoms with Crippen molar-refractivity contribution in [2.75, 3.05) is 5.32 Å². The average molecular weight is 311 g/mol. The molecule has 0 fully saturated rings. The smallest absolute Gasteiger partial charge is 0.381 e. The van der Waals surface area contributed by atoms with E-state index >= 15 is 0 Å². The molecular formula is C15H10ClF3N2. The van der Waals surface area contributed by atoms with Gasteiger partial charge < -0.3 is 5.32 Å². The molecule has 0 atom stereocenters. The molecule has 0 radical (unpaired) electrons. The van der Waals surface area contributed by atoms with Crippen LogP contribution in [0.3, 0.4) is 0 Å². The van der Waals surface area contributed by atoms with Crippen LogP contribution in [-0.2, 0) is 12.7 Å². The molecule has 0 spiro atoms. The van der Waals surface area contributed by atoms with E-state index in [1.807, 2.05) is 0 Å². The number of hydrogen-bond donors (Lipinski definition) is 1. The second kappa shape index (κ2) is 6.06. The van der Waals surface area contributed by atoms with Crippen molar-refractivity contribution in [1.82, 2.24) is 0 Å². The van der Waals surface area contributed by atoms with Crippen LogP contribution in [0.25, 0.3) is 0 Å². The summed E-state index contributed by atoms with van der Waals surface area (Å²) in [5, 5.41) is 12.2. The Kier molecular flexibility index (Phi) is 4.39. The maximum absolute atomic E-state index is 12.8. The van der Waals surface area contributed by atoms with E-state index in [0.717, 1.165) is 17.7 Å². The molecule has 0 saturated carbocycles. The number of benzene rings is 2. The fourth-order valence-corrected chi connectivity index (χ4v) is 1.92. The second-order valence-corrected chi connectivity index (χ2v) is 4.79. The minimum absolute atomic E-state index is 0.302. The van der Waals surface area contributed by atoms with Crippen LogP contribution in [0.1, 0.15) is 16.7 Å². The van der Waals surface area contributed by atoms with Crippen molar-refractivity contribution in [3.05, 3.63) is 64.2 Å². The second-order valence-electron chi connectivity index (χ2n) is 4.35. The Morgan fingerprint density at radius 1 is 1.10 bits per heavy atom. The zero-order valence-electron chi connectivity index (χ0n) is 10.7. The Morgan fingerprint density at radius 2 is 1.76 bits per heavy atom. The van der Waals surface area contributed by atoms with E-state index in [1.54, 1.807) is 30.3 Å². The SMILES string of the molecule is N#Cc1ccc(NCc2ccc(Cl)cc2)cc1C(F)(F)F. The highest BCUT2D eigenvalue weighted by Gasteiger charge is 2.33. The maximum atomic E-state index is 12.8. The number of rotatable bonds is 3. The predicted octanol–water partition coefficient (Wildman–Crippen LogP) is 4.84. The first-order valence-corrected chi connectivity index (χ1v) is 6.37. The number of nitrogens with one attached hydrogen (secondary N) is 1. The molecule has 2 aromatic carbocycles. The number of nitriles is 1. The molecule has 2 nitrogen and oxygen atoms in total. The Balaban J connectivity index is 2.18. The lowest BCUT2D eigenvalue weighted by atomic mass is 10.1. The van der Waals surface area contributed by atoms with Gasteiger partial charge in [0, 0.05) is 17.3 Å². The van der Waals surface area contributed by atoms with Crippen LogP contribution in [0, 0.1) is 11.3 Å². The third-order valence-corrected chi connectivity index (χ3v) is 3.11. The van der Waals surface area contributed by atoms with Crippen molar-refractivity contribution in [3.63, 3.8) is 0 Å². The van der Waals surface area contributed by atoms with Gasteiger partial charge in [0.25, 0.3) is 0 Å². The third-order valence-electron chi connectivity index (χ3n) is 2.86. The summed E-state index contributed by atoms with van der Waals surface area (Å²) >= 11 is 5.76. The number of hydrogen-bond acceptors (Lipinski definition) is 2. The van der Waals surface area contributed by atoms with E-state index < -0.39 is 11.7 Å². The minimum Gasteiger partial charge on any atom is -0.381 e. The lowest BCUT2D eigenvalue weighted by Gasteiger charge is -2.12. The van der Waals surface area contributed by atoms with Crippen molar-refractivity contribution in [2.24, 2.45) is 0 Å². The summed E-state index contributed by atoms with van der Waals surface area (Å²) in [6.45, 7) is 0.361. The first kappa shape index (κ1) is 15.2. The summed E-state index contributed by atoms with van der Waals surface area (Å²) in [7, 11) is 0. The molecule has 0 bridgehead atoms. The van der Waals surface area contributed by atoms with Crippen LogP contribution in [0.5, 0.6) is 0 Å². The van der Waals surface area contributed by atoms with E-state index in [1.165, 1.54) is 6.07 Å². The first-order chi connectivity index (χ1) is 9.90. The van der Waals surface area contributed by atoms with Crippen LogP contribution in [-0.4, -0.2) is 0 Å². The molecule has 0 saturated heterocycles. The quantitative estimate of drug-likeness (QED) is 0.880. The Bertz CT molecular complexity index is 673. The van der Waals surface area contributed by atoms with Crippen molar-refractivity contribution in [3.8, 4) is 6.07 Å². The molecule has 108 valence electrons. The molecule has 2 rings (SSSR count). The molecule has 0 unspecified atom stereocenters.